The Bertz CT molecular complexity index is 1040. The predicted molar refractivity (Wildman–Crippen MR) is 105 cm³/mol. The van der Waals surface area contributed by atoms with Gasteiger partial charge in [0.05, 0.1) is 23.9 Å². The van der Waals surface area contributed by atoms with Crippen LogP contribution in [0, 0.1) is 11.7 Å². The maximum atomic E-state index is 14.5. The van der Waals surface area contributed by atoms with Gasteiger partial charge in [0.25, 0.3) is 5.56 Å². The molecule has 0 aliphatic heterocycles. The third-order valence-corrected chi connectivity index (χ3v) is 4.05. The molecule has 12 nitrogen and oxygen atoms in total. The van der Waals surface area contributed by atoms with Crippen molar-refractivity contribution in [3.8, 4) is 0 Å². The van der Waals surface area contributed by atoms with E-state index in [9.17, 15) is 28.7 Å². The van der Waals surface area contributed by atoms with Gasteiger partial charge in [0.15, 0.2) is 11.6 Å². The van der Waals surface area contributed by atoms with Gasteiger partial charge in [0, 0.05) is 6.07 Å². The highest BCUT2D eigenvalue weighted by molar-refractivity contribution is 5.93. The minimum absolute atomic E-state index is 0.0816. The Morgan fingerprint density at radius 2 is 2.07 bits per heavy atom. The van der Waals surface area contributed by atoms with Crippen molar-refractivity contribution in [2.45, 2.75) is 26.3 Å². The first-order valence-electron chi connectivity index (χ1n) is 8.61. The molecule has 7 N–H and O–H groups in total. The number of hydrogen-bond acceptors (Lipinski definition) is 8. The summed E-state index contributed by atoms with van der Waals surface area (Å²) in [7, 11) is 0. The zero-order valence-corrected chi connectivity index (χ0v) is 16.0. The molecule has 0 radical (unpaired) electrons. The molecule has 0 spiro atoms. The van der Waals surface area contributed by atoms with Gasteiger partial charge in [-0.25, -0.2) is 14.2 Å². The van der Waals surface area contributed by atoms with Crippen molar-refractivity contribution in [2.24, 2.45) is 5.92 Å². The molecule has 1 atom stereocenters. The molecule has 2 heterocycles. The third-order valence-electron chi connectivity index (χ3n) is 4.05. The van der Waals surface area contributed by atoms with E-state index in [1.807, 2.05) is 0 Å². The molecule has 0 aromatic carbocycles. The summed E-state index contributed by atoms with van der Waals surface area (Å²) in [6.07, 6.45) is 0.749. The number of aromatic amines is 1. The number of carbonyl (C=O) groups excluding carboxylic acids is 2. The lowest BCUT2D eigenvalue weighted by Gasteiger charge is -2.27. The number of H-pyrrole nitrogens is 1. The monoisotopic (exact) mass is 421 g/mol. The van der Waals surface area contributed by atoms with E-state index in [1.165, 1.54) is 0 Å². The summed E-state index contributed by atoms with van der Waals surface area (Å²) in [5, 5.41) is 11.6. The van der Waals surface area contributed by atoms with E-state index in [0.717, 1.165) is 12.3 Å². The summed E-state index contributed by atoms with van der Waals surface area (Å²) in [6, 6.07) is -0.470. The van der Waals surface area contributed by atoms with E-state index >= 15 is 0 Å². The number of pyridine rings is 1. The zero-order valence-electron chi connectivity index (χ0n) is 16.0. The highest BCUT2D eigenvalue weighted by Crippen LogP contribution is 2.23. The Labute approximate surface area is 169 Å². The van der Waals surface area contributed by atoms with Crippen LogP contribution in [0.4, 0.5) is 27.7 Å². The largest absolute Gasteiger partial charge is 0.480 e. The van der Waals surface area contributed by atoms with Gasteiger partial charge in [-0.05, 0) is 5.92 Å². The van der Waals surface area contributed by atoms with E-state index in [4.69, 9.17) is 11.5 Å². The first-order chi connectivity index (χ1) is 14.0. The number of anilines is 4. The number of halogens is 1. The van der Waals surface area contributed by atoms with Crippen molar-refractivity contribution < 1.29 is 23.9 Å². The molecule has 0 fully saturated rings. The maximum Gasteiger partial charge on any atom is 0.327 e. The van der Waals surface area contributed by atoms with Crippen LogP contribution in [0.3, 0.4) is 0 Å². The number of hydrogen-bond donors (Lipinski definition) is 5. The zero-order chi connectivity index (χ0) is 22.6. The van der Waals surface area contributed by atoms with Gasteiger partial charge in [0.1, 0.15) is 11.9 Å². The molecule has 30 heavy (non-hydrogen) atoms. The highest BCUT2D eigenvalue weighted by atomic mass is 19.1. The lowest BCUT2D eigenvalue weighted by Crippen LogP contribution is -2.45. The second kappa shape index (κ2) is 8.98. The first-order valence-corrected chi connectivity index (χ1v) is 8.61. The summed E-state index contributed by atoms with van der Waals surface area (Å²) in [6.45, 7) is 3.11. The Hall–Kier alpha value is -4.03. The summed E-state index contributed by atoms with van der Waals surface area (Å²) in [4.78, 5) is 57.1. The van der Waals surface area contributed by atoms with Crippen LogP contribution in [0.25, 0.3) is 0 Å². The summed E-state index contributed by atoms with van der Waals surface area (Å²) >= 11 is 0. The van der Waals surface area contributed by atoms with E-state index < -0.39 is 47.5 Å². The van der Waals surface area contributed by atoms with E-state index in [0.29, 0.717) is 4.90 Å². The van der Waals surface area contributed by atoms with Crippen molar-refractivity contribution in [1.82, 2.24) is 15.0 Å². The number of amides is 2. The molecule has 0 saturated heterocycles. The van der Waals surface area contributed by atoms with Crippen molar-refractivity contribution in [3.05, 3.63) is 34.0 Å². The number of aliphatic carboxylic acids is 1. The van der Waals surface area contributed by atoms with Crippen molar-refractivity contribution in [2.75, 3.05) is 21.7 Å². The van der Waals surface area contributed by atoms with Gasteiger partial charge in [-0.15, -0.1) is 0 Å². The number of carbonyl (C=O) groups is 3. The summed E-state index contributed by atoms with van der Waals surface area (Å²) in [5.74, 6) is -4.53. The van der Waals surface area contributed by atoms with E-state index in [1.54, 1.807) is 13.8 Å². The normalized spacial score (nSPS) is 11.7. The molecule has 2 amide bonds. The van der Waals surface area contributed by atoms with Crippen LogP contribution < -0.4 is 27.2 Å². The lowest BCUT2D eigenvalue weighted by atomic mass is 10.0. The van der Waals surface area contributed by atoms with Crippen LogP contribution in [0.5, 0.6) is 0 Å². The molecule has 0 saturated carbocycles. The average Bonchev–Trinajstić information content (AvgIpc) is 2.62. The number of nitrogens with two attached hydrogens (primary N) is 2. The lowest BCUT2D eigenvalue weighted by molar-refractivity contribution is -0.140. The average molecular weight is 421 g/mol. The van der Waals surface area contributed by atoms with Crippen molar-refractivity contribution >= 4 is 41.6 Å². The fourth-order valence-electron chi connectivity index (χ4n) is 2.73. The number of aromatic nitrogens is 3. The molecule has 2 aromatic heterocycles. The minimum atomic E-state index is -1.34. The predicted octanol–water partition coefficient (Wildman–Crippen LogP) is -0.278. The number of nitrogens with one attached hydrogen (secondary N) is 2. The second-order valence-electron chi connectivity index (χ2n) is 6.61. The molecule has 0 aliphatic carbocycles. The molecule has 160 valence electrons. The molecule has 2 rings (SSSR count). The Morgan fingerprint density at radius 1 is 1.40 bits per heavy atom. The molecule has 0 unspecified atom stereocenters. The number of nitrogens with zero attached hydrogens (tertiary/aromatic N) is 3. The number of nitrogen functional groups attached to an aromatic ring is 2. The minimum Gasteiger partial charge on any atom is -0.480 e. The smallest absolute Gasteiger partial charge is 0.327 e. The quantitative estimate of drug-likeness (QED) is 0.356. The molecule has 0 aliphatic rings. The Morgan fingerprint density at radius 3 is 2.57 bits per heavy atom. The highest BCUT2D eigenvalue weighted by Gasteiger charge is 2.31. The fourth-order valence-corrected chi connectivity index (χ4v) is 2.73. The molecular formula is C17H20FN7O5. The third kappa shape index (κ3) is 4.87. The van der Waals surface area contributed by atoms with Gasteiger partial charge in [-0.1, -0.05) is 13.8 Å². The van der Waals surface area contributed by atoms with Crippen LogP contribution in [0.1, 0.15) is 19.4 Å². The second-order valence-corrected chi connectivity index (χ2v) is 6.61. The first kappa shape index (κ1) is 22.3. The van der Waals surface area contributed by atoms with E-state index in [-0.39, 0.29) is 29.4 Å². The number of carboxylic acids is 1. The van der Waals surface area contributed by atoms with Gasteiger partial charge < -0.3 is 21.9 Å². The Kier molecular flexibility index (Phi) is 6.66. The number of carboxylic acid groups (broad SMARTS) is 1. The Balaban J connectivity index is 2.23. The van der Waals surface area contributed by atoms with Crippen LogP contribution in [0.2, 0.25) is 0 Å². The standard InChI is InChI=1S/C17H20FN7O5/c1-7(2)12(16(29)30)25(6-26)14-10(18)3-8(5-21-14)22-11(27)4-9-13(19)23-17(20)24-15(9)28/h3,5-7,12H,4H2,1-2H3,(H,22,27)(H,29,30)(H5,19,20,23,24,28)/t12-/m0/s1. The van der Waals surface area contributed by atoms with Crippen LogP contribution in [-0.4, -0.2) is 44.4 Å². The fraction of sp³-hybridized carbons (Fsp3) is 0.294. The van der Waals surface area contributed by atoms with E-state index in [2.05, 4.69) is 20.3 Å². The molecular weight excluding hydrogens is 401 g/mol. The maximum absolute atomic E-state index is 14.5. The number of rotatable bonds is 8. The summed E-state index contributed by atoms with van der Waals surface area (Å²) < 4.78 is 14.5. The topological polar surface area (TPSA) is 197 Å². The summed E-state index contributed by atoms with van der Waals surface area (Å²) in [5.41, 5.74) is 10.0. The van der Waals surface area contributed by atoms with Gasteiger partial charge in [-0.3, -0.25) is 24.3 Å². The molecule has 13 heteroatoms. The molecule has 0 bridgehead atoms. The van der Waals surface area contributed by atoms with Crippen molar-refractivity contribution in [1.29, 1.82) is 0 Å². The molecule has 2 aromatic rings. The van der Waals surface area contributed by atoms with Gasteiger partial charge >= 0.3 is 5.97 Å². The van der Waals surface area contributed by atoms with Crippen LogP contribution in [-0.2, 0) is 20.8 Å². The SMILES string of the molecule is CC(C)[C@@H](C(=O)O)N(C=O)c1ncc(NC(=O)Cc2c(N)nc(N)[nH]c2=O)cc1F. The van der Waals surface area contributed by atoms with Crippen LogP contribution in [0.15, 0.2) is 17.1 Å². The van der Waals surface area contributed by atoms with Crippen LogP contribution >= 0.6 is 0 Å². The van der Waals surface area contributed by atoms with Crippen molar-refractivity contribution in [3.63, 3.8) is 0 Å². The van der Waals surface area contributed by atoms with Gasteiger partial charge in [-0.2, -0.15) is 4.98 Å². The van der Waals surface area contributed by atoms with Gasteiger partial charge in [0.2, 0.25) is 18.3 Å².